The number of aryl methyl sites for hydroxylation is 2. The maximum Gasteiger partial charge on any atom is 0.0584 e. The number of H-pyrrole nitrogens is 1. The van der Waals surface area contributed by atoms with E-state index in [1.807, 2.05) is 24.3 Å². The van der Waals surface area contributed by atoms with E-state index < -0.39 is 0 Å². The fraction of sp³-hybridized carbons (Fsp3) is 0.263. The molecule has 0 saturated heterocycles. The van der Waals surface area contributed by atoms with Crippen LogP contribution in [-0.4, -0.2) is 16.2 Å². The number of aliphatic hydroxyl groups is 1. The molecule has 1 unspecified atom stereocenters. The third-order valence-electron chi connectivity index (χ3n) is 4.08. The Balaban J connectivity index is 1.69. The van der Waals surface area contributed by atoms with Crippen LogP contribution in [0.2, 0.25) is 0 Å². The van der Waals surface area contributed by atoms with Gasteiger partial charge in [-0.15, -0.1) is 0 Å². The second kappa shape index (κ2) is 6.15. The number of hydrogen-bond acceptors (Lipinski definition) is 1. The number of aromatic amines is 1. The fourth-order valence-electron chi connectivity index (χ4n) is 2.91. The Kier molecular flexibility index (Phi) is 4.07. The van der Waals surface area contributed by atoms with Crippen molar-refractivity contribution in [2.75, 3.05) is 0 Å². The molecule has 3 rings (SSSR count). The van der Waals surface area contributed by atoms with Gasteiger partial charge in [0.15, 0.2) is 0 Å². The summed E-state index contributed by atoms with van der Waals surface area (Å²) in [4.78, 5) is 3.40. The number of para-hydroxylation sites is 1. The van der Waals surface area contributed by atoms with E-state index in [2.05, 4.69) is 42.2 Å². The van der Waals surface area contributed by atoms with Gasteiger partial charge in [0, 0.05) is 23.0 Å². The zero-order valence-corrected chi connectivity index (χ0v) is 12.3. The molecule has 0 aliphatic carbocycles. The Bertz CT molecular complexity index is 715. The normalized spacial score (nSPS) is 12.7. The molecule has 0 fully saturated rings. The van der Waals surface area contributed by atoms with Crippen molar-refractivity contribution in [2.24, 2.45) is 0 Å². The molecule has 1 heterocycles. The van der Waals surface area contributed by atoms with Crippen LogP contribution in [0.5, 0.6) is 0 Å². The molecule has 0 amide bonds. The van der Waals surface area contributed by atoms with Crippen LogP contribution in [0.3, 0.4) is 0 Å². The van der Waals surface area contributed by atoms with Crippen LogP contribution in [0.4, 0.5) is 0 Å². The highest BCUT2D eigenvalue weighted by Crippen LogP contribution is 2.24. The van der Waals surface area contributed by atoms with Crippen molar-refractivity contribution < 1.29 is 5.11 Å². The average Bonchev–Trinajstić information content (AvgIpc) is 2.82. The zero-order chi connectivity index (χ0) is 14.7. The molecule has 3 aromatic rings. The van der Waals surface area contributed by atoms with Gasteiger partial charge in [0.1, 0.15) is 0 Å². The Hall–Kier alpha value is -2.06. The van der Waals surface area contributed by atoms with Crippen LogP contribution < -0.4 is 0 Å². The van der Waals surface area contributed by atoms with Crippen LogP contribution in [0, 0.1) is 6.92 Å². The Morgan fingerprint density at radius 2 is 1.71 bits per heavy atom. The third kappa shape index (κ3) is 3.17. The lowest BCUT2D eigenvalue weighted by atomic mass is 9.99. The van der Waals surface area contributed by atoms with Crippen molar-refractivity contribution in [3.8, 4) is 0 Å². The first-order chi connectivity index (χ1) is 10.2. The minimum absolute atomic E-state index is 0.303. The largest absolute Gasteiger partial charge is 0.393 e. The second-order valence-corrected chi connectivity index (χ2v) is 5.66. The molecule has 2 heteroatoms. The number of rotatable bonds is 5. The van der Waals surface area contributed by atoms with E-state index in [9.17, 15) is 5.11 Å². The molecular formula is C19H21NO. The number of fused-ring (bicyclic) bond motifs is 1. The van der Waals surface area contributed by atoms with Crippen LogP contribution >= 0.6 is 0 Å². The predicted octanol–water partition coefficient (Wildman–Crippen LogP) is 4.01. The van der Waals surface area contributed by atoms with E-state index in [0.29, 0.717) is 6.42 Å². The first kappa shape index (κ1) is 13.9. The van der Waals surface area contributed by atoms with Gasteiger partial charge in [0.05, 0.1) is 6.10 Å². The van der Waals surface area contributed by atoms with Crippen molar-refractivity contribution in [1.29, 1.82) is 0 Å². The topological polar surface area (TPSA) is 36.0 Å². The summed E-state index contributed by atoms with van der Waals surface area (Å²) < 4.78 is 0. The summed E-state index contributed by atoms with van der Waals surface area (Å²) in [6, 6.07) is 18.6. The maximum absolute atomic E-state index is 10.4. The Morgan fingerprint density at radius 3 is 2.52 bits per heavy atom. The van der Waals surface area contributed by atoms with E-state index in [4.69, 9.17) is 0 Å². The molecular weight excluding hydrogens is 258 g/mol. The predicted molar refractivity (Wildman–Crippen MR) is 87.5 cm³/mol. The van der Waals surface area contributed by atoms with Gasteiger partial charge in [-0.2, -0.15) is 0 Å². The summed E-state index contributed by atoms with van der Waals surface area (Å²) in [7, 11) is 0. The number of nitrogens with one attached hydrogen (secondary N) is 1. The van der Waals surface area contributed by atoms with Gasteiger partial charge in [-0.1, -0.05) is 48.5 Å². The van der Waals surface area contributed by atoms with Crippen molar-refractivity contribution in [3.05, 3.63) is 71.4 Å². The molecule has 0 radical (unpaired) electrons. The number of aliphatic hydroxyl groups excluding tert-OH is 1. The molecule has 2 N–H and O–H groups in total. The van der Waals surface area contributed by atoms with Crippen LogP contribution in [-0.2, 0) is 12.8 Å². The van der Waals surface area contributed by atoms with Gasteiger partial charge in [-0.05, 0) is 37.0 Å². The van der Waals surface area contributed by atoms with Crippen LogP contribution in [0.1, 0.15) is 23.2 Å². The third-order valence-corrected chi connectivity index (χ3v) is 4.08. The minimum Gasteiger partial charge on any atom is -0.393 e. The first-order valence-electron chi connectivity index (χ1n) is 7.52. The summed E-state index contributed by atoms with van der Waals surface area (Å²) in [5.74, 6) is 0. The maximum atomic E-state index is 10.4. The molecule has 0 aliphatic heterocycles. The van der Waals surface area contributed by atoms with Gasteiger partial charge in [0.25, 0.3) is 0 Å². The summed E-state index contributed by atoms with van der Waals surface area (Å²) in [5, 5.41) is 11.6. The quantitative estimate of drug-likeness (QED) is 0.727. The molecule has 2 aromatic carbocycles. The Morgan fingerprint density at radius 1 is 1.00 bits per heavy atom. The minimum atomic E-state index is -0.303. The van der Waals surface area contributed by atoms with Gasteiger partial charge in [0.2, 0.25) is 0 Å². The molecule has 0 saturated carbocycles. The van der Waals surface area contributed by atoms with E-state index in [1.165, 1.54) is 16.5 Å². The van der Waals surface area contributed by atoms with Crippen molar-refractivity contribution in [3.63, 3.8) is 0 Å². The fourth-order valence-corrected chi connectivity index (χ4v) is 2.91. The number of aromatic nitrogens is 1. The van der Waals surface area contributed by atoms with E-state index in [1.54, 1.807) is 0 Å². The molecule has 108 valence electrons. The summed E-state index contributed by atoms with van der Waals surface area (Å²) in [6.07, 6.45) is 2.12. The lowest BCUT2D eigenvalue weighted by Gasteiger charge is -2.11. The number of hydrogen-bond donors (Lipinski definition) is 2. The average molecular weight is 279 g/mol. The zero-order valence-electron chi connectivity index (χ0n) is 12.3. The monoisotopic (exact) mass is 279 g/mol. The highest BCUT2D eigenvalue weighted by Gasteiger charge is 2.13. The van der Waals surface area contributed by atoms with Crippen molar-refractivity contribution in [1.82, 2.24) is 4.98 Å². The second-order valence-electron chi connectivity index (χ2n) is 5.66. The lowest BCUT2D eigenvalue weighted by molar-refractivity contribution is 0.165. The molecule has 0 spiro atoms. The van der Waals surface area contributed by atoms with Gasteiger partial charge >= 0.3 is 0 Å². The van der Waals surface area contributed by atoms with Gasteiger partial charge in [-0.3, -0.25) is 0 Å². The number of benzene rings is 2. The molecule has 0 bridgehead atoms. The molecule has 1 atom stereocenters. The van der Waals surface area contributed by atoms with Crippen LogP contribution in [0.25, 0.3) is 10.9 Å². The molecule has 2 nitrogen and oxygen atoms in total. The van der Waals surface area contributed by atoms with E-state index in [0.717, 1.165) is 24.1 Å². The summed E-state index contributed by atoms with van der Waals surface area (Å²) in [6.45, 7) is 2.08. The SMILES string of the molecule is Cc1[nH]c2ccccc2c1CC(O)CCc1ccccc1. The lowest BCUT2D eigenvalue weighted by Crippen LogP contribution is -2.12. The smallest absolute Gasteiger partial charge is 0.0584 e. The molecule has 21 heavy (non-hydrogen) atoms. The summed E-state index contributed by atoms with van der Waals surface area (Å²) >= 11 is 0. The molecule has 1 aromatic heterocycles. The Labute approximate surface area is 125 Å². The summed E-state index contributed by atoms with van der Waals surface area (Å²) in [5.41, 5.74) is 4.84. The highest BCUT2D eigenvalue weighted by molar-refractivity contribution is 5.84. The first-order valence-corrected chi connectivity index (χ1v) is 7.52. The highest BCUT2D eigenvalue weighted by atomic mass is 16.3. The van der Waals surface area contributed by atoms with Crippen LogP contribution in [0.15, 0.2) is 54.6 Å². The van der Waals surface area contributed by atoms with Gasteiger partial charge in [-0.25, -0.2) is 0 Å². The standard InChI is InChI=1S/C19H21NO/c1-14-18(17-9-5-6-10-19(17)20-14)13-16(21)12-11-15-7-3-2-4-8-15/h2-10,16,20-21H,11-13H2,1H3. The van der Waals surface area contributed by atoms with Gasteiger partial charge < -0.3 is 10.1 Å². The van der Waals surface area contributed by atoms with Crippen molar-refractivity contribution in [2.45, 2.75) is 32.3 Å². The van der Waals surface area contributed by atoms with E-state index >= 15 is 0 Å². The molecule has 0 aliphatic rings. The van der Waals surface area contributed by atoms with E-state index in [-0.39, 0.29) is 6.10 Å². The van der Waals surface area contributed by atoms with Crippen molar-refractivity contribution >= 4 is 10.9 Å².